The quantitative estimate of drug-likeness (QED) is 0.730. The molecule has 3 aliphatic rings. The number of hydrogen-bond donors (Lipinski definition) is 2. The van der Waals surface area contributed by atoms with Gasteiger partial charge in [-0.25, -0.2) is 0 Å². The lowest BCUT2D eigenvalue weighted by atomic mass is 10.0. The molecule has 0 aromatic carbocycles. The van der Waals surface area contributed by atoms with E-state index < -0.39 is 0 Å². The SMILES string of the molecule is OCC(CCN1CC2CCCC2C1)NC1CC1. The lowest BCUT2D eigenvalue weighted by Crippen LogP contribution is -2.37. The van der Waals surface area contributed by atoms with E-state index in [2.05, 4.69) is 10.2 Å². The number of nitrogens with one attached hydrogen (secondary N) is 1. The van der Waals surface area contributed by atoms with E-state index in [9.17, 15) is 5.11 Å². The standard InChI is InChI=1S/C14H26N2O/c17-10-14(15-13-4-5-13)6-7-16-8-11-2-1-3-12(11)9-16/h11-15,17H,1-10H2. The summed E-state index contributed by atoms with van der Waals surface area (Å²) >= 11 is 0. The molecule has 3 unspecified atom stereocenters. The van der Waals surface area contributed by atoms with Crippen molar-refractivity contribution in [2.75, 3.05) is 26.2 Å². The Labute approximate surface area is 105 Å². The number of hydrogen-bond acceptors (Lipinski definition) is 3. The van der Waals surface area contributed by atoms with Crippen LogP contribution in [0.15, 0.2) is 0 Å². The van der Waals surface area contributed by atoms with Gasteiger partial charge in [-0.3, -0.25) is 0 Å². The van der Waals surface area contributed by atoms with Crippen molar-refractivity contribution < 1.29 is 5.11 Å². The van der Waals surface area contributed by atoms with Crippen LogP contribution >= 0.6 is 0 Å². The van der Waals surface area contributed by atoms with E-state index in [0.717, 1.165) is 18.3 Å². The first-order valence-corrected chi connectivity index (χ1v) is 7.44. The summed E-state index contributed by atoms with van der Waals surface area (Å²) in [6.07, 6.45) is 8.13. The fraction of sp³-hybridized carbons (Fsp3) is 1.00. The van der Waals surface area contributed by atoms with E-state index in [1.807, 2.05) is 0 Å². The van der Waals surface area contributed by atoms with E-state index in [0.29, 0.717) is 18.7 Å². The summed E-state index contributed by atoms with van der Waals surface area (Å²) in [5, 5.41) is 12.9. The van der Waals surface area contributed by atoms with E-state index in [-0.39, 0.29) is 0 Å². The molecular formula is C14H26N2O. The topological polar surface area (TPSA) is 35.5 Å². The molecule has 98 valence electrons. The zero-order valence-electron chi connectivity index (χ0n) is 10.8. The van der Waals surface area contributed by atoms with Crippen LogP contribution in [0, 0.1) is 11.8 Å². The maximum Gasteiger partial charge on any atom is 0.0585 e. The van der Waals surface area contributed by atoms with Crippen LogP contribution in [0.5, 0.6) is 0 Å². The van der Waals surface area contributed by atoms with Crippen LogP contribution in [0.4, 0.5) is 0 Å². The molecule has 3 rings (SSSR count). The van der Waals surface area contributed by atoms with Crippen LogP contribution in [-0.2, 0) is 0 Å². The Hall–Kier alpha value is -0.120. The summed E-state index contributed by atoms with van der Waals surface area (Å²) in [4.78, 5) is 2.63. The first kappa shape index (κ1) is 11.9. The molecule has 2 saturated carbocycles. The Kier molecular flexibility index (Phi) is 3.69. The zero-order valence-corrected chi connectivity index (χ0v) is 10.8. The summed E-state index contributed by atoms with van der Waals surface area (Å²) < 4.78 is 0. The van der Waals surface area contributed by atoms with Crippen molar-refractivity contribution in [3.8, 4) is 0 Å². The van der Waals surface area contributed by atoms with Crippen LogP contribution in [0.3, 0.4) is 0 Å². The Balaban J connectivity index is 1.38. The predicted octanol–water partition coefficient (Wildman–Crippen LogP) is 1.22. The molecule has 2 N–H and O–H groups in total. The number of nitrogens with zero attached hydrogens (tertiary/aromatic N) is 1. The number of aliphatic hydroxyl groups excluding tert-OH is 1. The normalized spacial score (nSPS) is 35.1. The molecule has 0 aromatic heterocycles. The van der Waals surface area contributed by atoms with Gasteiger partial charge in [0.1, 0.15) is 0 Å². The third-order valence-electron chi connectivity index (χ3n) is 4.86. The minimum Gasteiger partial charge on any atom is -0.395 e. The third kappa shape index (κ3) is 3.01. The Morgan fingerprint density at radius 3 is 2.41 bits per heavy atom. The highest BCUT2D eigenvalue weighted by Crippen LogP contribution is 2.37. The fourth-order valence-corrected chi connectivity index (χ4v) is 3.66. The summed E-state index contributed by atoms with van der Waals surface area (Å²) in [7, 11) is 0. The maximum atomic E-state index is 9.36. The van der Waals surface area contributed by atoms with Gasteiger partial charge in [0.2, 0.25) is 0 Å². The molecule has 3 atom stereocenters. The minimum atomic E-state index is 0.303. The summed E-state index contributed by atoms with van der Waals surface area (Å²) in [5.74, 6) is 2.00. The third-order valence-corrected chi connectivity index (χ3v) is 4.86. The molecule has 1 aliphatic heterocycles. The van der Waals surface area contributed by atoms with Crippen molar-refractivity contribution in [3.63, 3.8) is 0 Å². The van der Waals surface area contributed by atoms with Gasteiger partial charge >= 0.3 is 0 Å². The molecule has 0 radical (unpaired) electrons. The van der Waals surface area contributed by atoms with E-state index in [4.69, 9.17) is 0 Å². The second-order valence-corrected chi connectivity index (χ2v) is 6.32. The summed E-state index contributed by atoms with van der Waals surface area (Å²) in [6, 6.07) is 1.05. The summed E-state index contributed by atoms with van der Waals surface area (Å²) in [6.45, 7) is 4.13. The van der Waals surface area contributed by atoms with Gasteiger partial charge in [0.05, 0.1) is 6.61 Å². The van der Waals surface area contributed by atoms with Crippen molar-refractivity contribution >= 4 is 0 Å². The van der Waals surface area contributed by atoms with Crippen LogP contribution in [0.2, 0.25) is 0 Å². The first-order chi connectivity index (χ1) is 8.35. The van der Waals surface area contributed by atoms with Crippen molar-refractivity contribution in [1.29, 1.82) is 0 Å². The lowest BCUT2D eigenvalue weighted by molar-refractivity contribution is 0.212. The molecule has 0 spiro atoms. The molecule has 1 heterocycles. The van der Waals surface area contributed by atoms with Crippen molar-refractivity contribution in [1.82, 2.24) is 10.2 Å². The first-order valence-electron chi connectivity index (χ1n) is 7.44. The van der Waals surface area contributed by atoms with Gasteiger partial charge < -0.3 is 15.3 Å². The molecule has 3 nitrogen and oxygen atoms in total. The molecule has 17 heavy (non-hydrogen) atoms. The second kappa shape index (κ2) is 5.25. The van der Waals surface area contributed by atoms with Crippen molar-refractivity contribution in [3.05, 3.63) is 0 Å². The monoisotopic (exact) mass is 238 g/mol. The van der Waals surface area contributed by atoms with Crippen LogP contribution < -0.4 is 5.32 Å². The van der Waals surface area contributed by atoms with Gasteiger partial charge in [-0.05, 0) is 50.5 Å². The molecule has 3 heteroatoms. The van der Waals surface area contributed by atoms with E-state index in [1.165, 1.54) is 51.7 Å². The Morgan fingerprint density at radius 1 is 1.12 bits per heavy atom. The van der Waals surface area contributed by atoms with Gasteiger partial charge in [0.15, 0.2) is 0 Å². The molecule has 1 saturated heterocycles. The average Bonchev–Trinajstić information content (AvgIpc) is 2.89. The summed E-state index contributed by atoms with van der Waals surface area (Å²) in [5.41, 5.74) is 0. The van der Waals surface area contributed by atoms with E-state index in [1.54, 1.807) is 0 Å². The highest BCUT2D eigenvalue weighted by Gasteiger charge is 2.35. The Morgan fingerprint density at radius 2 is 1.82 bits per heavy atom. The second-order valence-electron chi connectivity index (χ2n) is 6.32. The van der Waals surface area contributed by atoms with Crippen LogP contribution in [-0.4, -0.2) is 48.3 Å². The van der Waals surface area contributed by atoms with Gasteiger partial charge in [0.25, 0.3) is 0 Å². The number of fused-ring (bicyclic) bond motifs is 1. The van der Waals surface area contributed by atoms with Crippen LogP contribution in [0.25, 0.3) is 0 Å². The minimum absolute atomic E-state index is 0.303. The highest BCUT2D eigenvalue weighted by atomic mass is 16.3. The van der Waals surface area contributed by atoms with Gasteiger partial charge in [-0.1, -0.05) is 6.42 Å². The van der Waals surface area contributed by atoms with Gasteiger partial charge in [-0.15, -0.1) is 0 Å². The van der Waals surface area contributed by atoms with Gasteiger partial charge in [0, 0.05) is 25.2 Å². The van der Waals surface area contributed by atoms with Crippen molar-refractivity contribution in [2.24, 2.45) is 11.8 Å². The van der Waals surface area contributed by atoms with Crippen molar-refractivity contribution in [2.45, 2.75) is 50.6 Å². The predicted molar refractivity (Wildman–Crippen MR) is 68.9 cm³/mol. The molecule has 0 amide bonds. The lowest BCUT2D eigenvalue weighted by Gasteiger charge is -2.21. The fourth-order valence-electron chi connectivity index (χ4n) is 3.66. The maximum absolute atomic E-state index is 9.36. The molecule has 0 bridgehead atoms. The zero-order chi connectivity index (χ0) is 11.7. The Bertz CT molecular complexity index is 243. The average molecular weight is 238 g/mol. The molecular weight excluding hydrogens is 212 g/mol. The number of aliphatic hydroxyl groups is 1. The van der Waals surface area contributed by atoms with E-state index >= 15 is 0 Å². The largest absolute Gasteiger partial charge is 0.395 e. The smallest absolute Gasteiger partial charge is 0.0585 e. The molecule has 3 fully saturated rings. The molecule has 0 aromatic rings. The van der Waals surface area contributed by atoms with Gasteiger partial charge in [-0.2, -0.15) is 0 Å². The number of likely N-dealkylation sites (tertiary alicyclic amines) is 1. The highest BCUT2D eigenvalue weighted by molar-refractivity contribution is 4.89. The number of rotatable bonds is 6. The molecule has 2 aliphatic carbocycles. The van der Waals surface area contributed by atoms with Crippen LogP contribution in [0.1, 0.15) is 38.5 Å².